The van der Waals surface area contributed by atoms with E-state index in [0.717, 1.165) is 70.6 Å². The first-order chi connectivity index (χ1) is 23.2. The van der Waals surface area contributed by atoms with Gasteiger partial charge in [-0.3, -0.25) is 19.2 Å². The summed E-state index contributed by atoms with van der Waals surface area (Å²) in [6.07, 6.45) is 9.67. The Morgan fingerprint density at radius 3 is 2.35 bits per heavy atom. The number of fused-ring (bicyclic) bond motifs is 1. The molecule has 2 aliphatic heterocycles. The predicted octanol–water partition coefficient (Wildman–Crippen LogP) is 4.71. The van der Waals surface area contributed by atoms with Crippen molar-refractivity contribution >= 4 is 67.2 Å². The van der Waals surface area contributed by atoms with Crippen LogP contribution in [0.2, 0.25) is 5.02 Å². The molecule has 3 fully saturated rings. The van der Waals surface area contributed by atoms with Gasteiger partial charge in [-0.05, 0) is 57.0 Å². The molecule has 13 nitrogen and oxygen atoms in total. The van der Waals surface area contributed by atoms with Crippen molar-refractivity contribution in [1.29, 1.82) is 0 Å². The number of halogens is 1. The third-order valence-electron chi connectivity index (χ3n) is 9.38. The summed E-state index contributed by atoms with van der Waals surface area (Å²) in [5.74, 6) is 1.28. The molecule has 0 unspecified atom stereocenters. The number of hydrogen-bond acceptors (Lipinski definition) is 12. The standard InChI is InChI=1S/C33H41ClN10O3S/c1-41-16-18-43(19-17-41)22-10-14-42(15-11-22)24-6-7-26(29(20-24)47-2)39-33-37-21-25(34)32(40-33)38-28-9-8-27-30(36-13-12-35-27)31(28)44(23-4-5-23)48(3,45)46/h6-9,12-13,20-23H,4-5,10-11,14-19H2,1-3H3,(H2,37,38,39,40). The Labute approximate surface area is 286 Å². The molecule has 2 aromatic carbocycles. The maximum Gasteiger partial charge on any atom is 0.232 e. The van der Waals surface area contributed by atoms with E-state index in [0.29, 0.717) is 51.7 Å². The van der Waals surface area contributed by atoms with Crippen molar-refractivity contribution in [3.8, 4) is 5.75 Å². The summed E-state index contributed by atoms with van der Waals surface area (Å²) in [6.45, 7) is 6.59. The second-order valence-corrected chi connectivity index (χ2v) is 15.0. The highest BCUT2D eigenvalue weighted by Gasteiger charge is 2.38. The first-order valence-electron chi connectivity index (χ1n) is 16.3. The molecule has 254 valence electrons. The smallest absolute Gasteiger partial charge is 0.232 e. The van der Waals surface area contributed by atoms with Crippen LogP contribution in [0.3, 0.4) is 0 Å². The summed E-state index contributed by atoms with van der Waals surface area (Å²) in [6, 6.07) is 10.2. The van der Waals surface area contributed by atoms with Crippen LogP contribution in [-0.2, 0) is 10.0 Å². The zero-order valence-electron chi connectivity index (χ0n) is 27.4. The van der Waals surface area contributed by atoms with Gasteiger partial charge in [-0.1, -0.05) is 11.6 Å². The number of sulfonamides is 1. The van der Waals surface area contributed by atoms with Gasteiger partial charge in [0, 0.05) is 75.5 Å². The number of nitrogens with one attached hydrogen (secondary N) is 2. The van der Waals surface area contributed by atoms with E-state index in [2.05, 4.69) is 58.4 Å². The van der Waals surface area contributed by atoms with Gasteiger partial charge in [-0.15, -0.1) is 0 Å². The molecule has 3 aliphatic rings. The van der Waals surface area contributed by atoms with Crippen LogP contribution in [-0.4, -0.2) is 110 Å². The molecule has 0 spiro atoms. The largest absolute Gasteiger partial charge is 0.494 e. The lowest BCUT2D eigenvalue weighted by Crippen LogP contribution is -2.52. The number of methoxy groups -OCH3 is 1. The van der Waals surface area contributed by atoms with Crippen molar-refractivity contribution in [1.82, 2.24) is 29.7 Å². The monoisotopic (exact) mass is 692 g/mol. The van der Waals surface area contributed by atoms with E-state index in [4.69, 9.17) is 16.3 Å². The first kappa shape index (κ1) is 32.6. The highest BCUT2D eigenvalue weighted by atomic mass is 35.5. The van der Waals surface area contributed by atoms with E-state index in [1.807, 2.05) is 12.1 Å². The highest BCUT2D eigenvalue weighted by Crippen LogP contribution is 2.43. The van der Waals surface area contributed by atoms with E-state index in [1.165, 1.54) is 16.8 Å². The number of rotatable bonds is 10. The minimum atomic E-state index is -3.62. The Balaban J connectivity index is 1.10. The number of benzene rings is 2. The Kier molecular flexibility index (Phi) is 9.16. The molecule has 2 N–H and O–H groups in total. The van der Waals surface area contributed by atoms with Crippen LogP contribution in [0.15, 0.2) is 48.9 Å². The summed E-state index contributed by atoms with van der Waals surface area (Å²) in [7, 11) is 0.226. The van der Waals surface area contributed by atoms with Crippen LogP contribution < -0.4 is 24.6 Å². The van der Waals surface area contributed by atoms with E-state index in [-0.39, 0.29) is 11.1 Å². The number of anilines is 6. The highest BCUT2D eigenvalue weighted by molar-refractivity contribution is 7.92. The fraction of sp³-hybridized carbons (Fsp3) is 0.455. The lowest BCUT2D eigenvalue weighted by atomic mass is 10.0. The Bertz CT molecular complexity index is 1890. The van der Waals surface area contributed by atoms with Crippen LogP contribution in [0, 0.1) is 0 Å². The average Bonchev–Trinajstić information content (AvgIpc) is 3.92. The average molecular weight is 693 g/mol. The van der Waals surface area contributed by atoms with E-state index < -0.39 is 10.0 Å². The topological polar surface area (TPSA) is 132 Å². The molecule has 48 heavy (non-hydrogen) atoms. The number of likely N-dealkylation sites (N-methyl/N-ethyl adjacent to an activating group) is 1. The van der Waals surface area contributed by atoms with Crippen LogP contribution in [0.1, 0.15) is 25.7 Å². The van der Waals surface area contributed by atoms with Gasteiger partial charge in [-0.25, -0.2) is 13.4 Å². The molecule has 2 saturated heterocycles. The van der Waals surface area contributed by atoms with E-state index in [9.17, 15) is 8.42 Å². The Morgan fingerprint density at radius 1 is 0.917 bits per heavy atom. The molecule has 0 bridgehead atoms. The van der Waals surface area contributed by atoms with Gasteiger partial charge in [0.2, 0.25) is 16.0 Å². The van der Waals surface area contributed by atoms with Gasteiger partial charge in [0.15, 0.2) is 5.82 Å². The van der Waals surface area contributed by atoms with Crippen molar-refractivity contribution in [3.63, 3.8) is 0 Å². The number of piperazine rings is 1. The number of nitrogens with zero attached hydrogens (tertiary/aromatic N) is 8. The SMILES string of the molecule is COc1cc(N2CCC(N3CCN(C)CC3)CC2)ccc1Nc1ncc(Cl)c(Nc2ccc3nccnc3c2N(C2CC2)S(C)(=O)=O)n1. The minimum absolute atomic E-state index is 0.148. The molecule has 15 heteroatoms. The number of hydrogen-bond donors (Lipinski definition) is 2. The van der Waals surface area contributed by atoms with Crippen molar-refractivity contribution in [2.75, 3.05) is 79.5 Å². The maximum atomic E-state index is 13.0. The lowest BCUT2D eigenvalue weighted by molar-refractivity contribution is 0.0982. The van der Waals surface area contributed by atoms with Gasteiger partial charge < -0.3 is 25.2 Å². The summed E-state index contributed by atoms with van der Waals surface area (Å²) >= 11 is 6.59. The van der Waals surface area contributed by atoms with Crippen molar-refractivity contribution in [2.24, 2.45) is 0 Å². The van der Waals surface area contributed by atoms with Gasteiger partial charge >= 0.3 is 0 Å². The van der Waals surface area contributed by atoms with Gasteiger partial charge in [0.1, 0.15) is 22.0 Å². The summed E-state index contributed by atoms with van der Waals surface area (Å²) in [4.78, 5) is 25.5. The zero-order valence-corrected chi connectivity index (χ0v) is 29.0. The molecule has 0 amide bonds. The fourth-order valence-corrected chi connectivity index (χ4v) is 8.10. The van der Waals surface area contributed by atoms with Crippen LogP contribution in [0.4, 0.5) is 34.5 Å². The van der Waals surface area contributed by atoms with Crippen LogP contribution in [0.25, 0.3) is 11.0 Å². The molecule has 1 saturated carbocycles. The van der Waals surface area contributed by atoms with Gasteiger partial charge in [0.05, 0.1) is 36.5 Å². The molecule has 4 aromatic rings. The fourth-order valence-electron chi connectivity index (χ4n) is 6.69. The Hall–Kier alpha value is -3.98. The summed E-state index contributed by atoms with van der Waals surface area (Å²) < 4.78 is 33.3. The third kappa shape index (κ3) is 6.93. The number of ether oxygens (including phenoxy) is 1. The van der Waals surface area contributed by atoms with Crippen LogP contribution >= 0.6 is 11.6 Å². The molecule has 0 atom stereocenters. The van der Waals surface area contributed by atoms with Gasteiger partial charge in [-0.2, -0.15) is 4.98 Å². The number of piperidine rings is 1. The summed E-state index contributed by atoms with van der Waals surface area (Å²) in [5.41, 5.74) is 3.78. The lowest BCUT2D eigenvalue weighted by Gasteiger charge is -2.42. The Morgan fingerprint density at radius 2 is 1.65 bits per heavy atom. The quantitative estimate of drug-likeness (QED) is 0.239. The van der Waals surface area contributed by atoms with Crippen LogP contribution in [0.5, 0.6) is 5.75 Å². The van der Waals surface area contributed by atoms with Crippen molar-refractivity contribution < 1.29 is 13.2 Å². The minimum Gasteiger partial charge on any atom is -0.494 e. The molecule has 1 aliphatic carbocycles. The molecular weight excluding hydrogens is 652 g/mol. The van der Waals surface area contributed by atoms with Crippen molar-refractivity contribution in [3.05, 3.63) is 53.9 Å². The van der Waals surface area contributed by atoms with E-state index in [1.54, 1.807) is 31.6 Å². The molecule has 0 radical (unpaired) electrons. The van der Waals surface area contributed by atoms with E-state index >= 15 is 0 Å². The molecule has 7 rings (SSSR count). The first-order valence-corrected chi connectivity index (χ1v) is 18.6. The predicted molar refractivity (Wildman–Crippen MR) is 191 cm³/mol. The zero-order chi connectivity index (χ0) is 33.4. The third-order valence-corrected chi connectivity index (χ3v) is 10.9. The second-order valence-electron chi connectivity index (χ2n) is 12.8. The van der Waals surface area contributed by atoms with Crippen molar-refractivity contribution in [2.45, 2.75) is 37.8 Å². The molecule has 4 heterocycles. The van der Waals surface area contributed by atoms with Gasteiger partial charge in [0.25, 0.3) is 0 Å². The summed E-state index contributed by atoms with van der Waals surface area (Å²) in [5, 5.41) is 6.81. The number of aromatic nitrogens is 4. The molecule has 2 aromatic heterocycles. The maximum absolute atomic E-state index is 13.0. The molecular formula is C33H41ClN10O3S. The normalized spacial score (nSPS) is 18.2. The second kappa shape index (κ2) is 13.5.